The van der Waals surface area contributed by atoms with Gasteiger partial charge in [-0.25, -0.2) is 9.55 Å². The topological polar surface area (TPSA) is 21.7 Å². The van der Waals surface area contributed by atoms with Crippen molar-refractivity contribution < 1.29 is 4.57 Å². The molecule has 0 saturated carbocycles. The minimum absolute atomic E-state index is 0.331. The standard InChI is InChI=1S/C42H42N3S/c1-25(2)32-22-31(30-17-10-9-11-18-30)23-33(26(3)4)40(32)45-37-20-13-12-19-36(37)44(8)42(45)34-24-35-38(21-29(34)7)46-41(43-35)39-27(5)15-14-16-28(39)6/h9-26H,1-8H3/q+1. The molecule has 46 heavy (non-hydrogen) atoms. The third-order valence-corrected chi connectivity index (χ3v) is 10.5. The highest BCUT2D eigenvalue weighted by Gasteiger charge is 2.32. The van der Waals surface area contributed by atoms with E-state index in [4.69, 9.17) is 4.98 Å². The molecule has 0 bridgehead atoms. The maximum absolute atomic E-state index is 5.25. The summed E-state index contributed by atoms with van der Waals surface area (Å²) in [5.41, 5.74) is 16.3. The summed E-state index contributed by atoms with van der Waals surface area (Å²) in [4.78, 5) is 5.25. The van der Waals surface area contributed by atoms with Gasteiger partial charge in [0.2, 0.25) is 0 Å². The van der Waals surface area contributed by atoms with Crippen molar-refractivity contribution in [2.24, 2.45) is 7.05 Å². The van der Waals surface area contributed by atoms with Crippen molar-refractivity contribution in [3.63, 3.8) is 0 Å². The fourth-order valence-corrected chi connectivity index (χ4v) is 8.25. The maximum atomic E-state index is 5.25. The lowest BCUT2D eigenvalue weighted by Crippen LogP contribution is -2.30. The Bertz CT molecular complexity index is 2200. The van der Waals surface area contributed by atoms with Crippen LogP contribution in [-0.2, 0) is 7.05 Å². The lowest BCUT2D eigenvalue weighted by Gasteiger charge is -2.21. The molecule has 0 aliphatic heterocycles. The summed E-state index contributed by atoms with van der Waals surface area (Å²) in [7, 11) is 2.21. The van der Waals surface area contributed by atoms with Crippen LogP contribution < -0.4 is 4.57 Å². The highest BCUT2D eigenvalue weighted by atomic mass is 32.1. The first-order valence-corrected chi connectivity index (χ1v) is 17.2. The monoisotopic (exact) mass is 620 g/mol. The van der Waals surface area contributed by atoms with Crippen molar-refractivity contribution in [3.8, 4) is 38.8 Å². The second-order valence-electron chi connectivity index (χ2n) is 13.3. The van der Waals surface area contributed by atoms with Gasteiger partial charge in [-0.1, -0.05) is 88.4 Å². The molecule has 5 aromatic carbocycles. The molecule has 0 amide bonds. The Morgan fingerprint density at radius 1 is 0.674 bits per heavy atom. The Labute approximate surface area is 276 Å². The second kappa shape index (κ2) is 11.7. The van der Waals surface area contributed by atoms with Gasteiger partial charge in [0, 0.05) is 16.7 Å². The molecule has 0 spiro atoms. The molecular formula is C42H42N3S+. The Morgan fingerprint density at radius 2 is 1.30 bits per heavy atom. The summed E-state index contributed by atoms with van der Waals surface area (Å²) in [5, 5.41) is 1.09. The highest BCUT2D eigenvalue weighted by molar-refractivity contribution is 7.21. The number of imidazole rings is 1. The Balaban J connectivity index is 1.54. The first-order chi connectivity index (χ1) is 22.1. The van der Waals surface area contributed by atoms with E-state index in [9.17, 15) is 0 Å². The second-order valence-corrected chi connectivity index (χ2v) is 14.3. The molecule has 0 radical (unpaired) electrons. The zero-order valence-corrected chi connectivity index (χ0v) is 29.0. The van der Waals surface area contributed by atoms with Gasteiger partial charge in [-0.15, -0.1) is 11.3 Å². The molecule has 2 aromatic heterocycles. The SMILES string of the molecule is Cc1cc2sc(-c3c(C)cccc3C)nc2cc1-c1n(-c2c(C(C)C)cc(-c3ccccc3)cc2C(C)C)c2ccccc2[n+]1C. The first-order valence-electron chi connectivity index (χ1n) is 16.3. The lowest BCUT2D eigenvalue weighted by atomic mass is 9.88. The van der Waals surface area contributed by atoms with Crippen LogP contribution in [0.3, 0.4) is 0 Å². The average molecular weight is 621 g/mol. The molecule has 4 heteroatoms. The van der Waals surface area contributed by atoms with Crippen molar-refractivity contribution in [2.75, 3.05) is 0 Å². The quantitative estimate of drug-likeness (QED) is 0.170. The molecule has 7 rings (SSSR count). The predicted molar refractivity (Wildman–Crippen MR) is 196 cm³/mol. The largest absolute Gasteiger partial charge is 0.295 e. The minimum atomic E-state index is 0.331. The smallest absolute Gasteiger partial charge is 0.236 e. The molecule has 0 atom stereocenters. The van der Waals surface area contributed by atoms with E-state index >= 15 is 0 Å². The van der Waals surface area contributed by atoms with E-state index in [0.29, 0.717) is 11.8 Å². The van der Waals surface area contributed by atoms with Crippen LogP contribution in [0, 0.1) is 20.8 Å². The fraction of sp³-hybridized carbons (Fsp3) is 0.238. The van der Waals surface area contributed by atoms with Gasteiger partial charge in [0.1, 0.15) is 10.7 Å². The van der Waals surface area contributed by atoms with E-state index in [1.807, 2.05) is 0 Å². The number of fused-ring (bicyclic) bond motifs is 2. The van der Waals surface area contributed by atoms with Crippen molar-refractivity contribution in [1.82, 2.24) is 9.55 Å². The summed E-state index contributed by atoms with van der Waals surface area (Å²) in [5.74, 6) is 1.84. The lowest BCUT2D eigenvalue weighted by molar-refractivity contribution is -0.633. The molecule has 0 N–H and O–H groups in total. The van der Waals surface area contributed by atoms with Crippen LogP contribution >= 0.6 is 11.3 Å². The van der Waals surface area contributed by atoms with Gasteiger partial charge in [0.25, 0.3) is 5.82 Å². The van der Waals surface area contributed by atoms with Gasteiger partial charge in [-0.3, -0.25) is 0 Å². The van der Waals surface area contributed by atoms with Crippen LogP contribution in [-0.4, -0.2) is 9.55 Å². The number of benzene rings is 5. The van der Waals surface area contributed by atoms with Gasteiger partial charge in [-0.2, -0.15) is 4.57 Å². The zero-order valence-electron chi connectivity index (χ0n) is 28.1. The summed E-state index contributed by atoms with van der Waals surface area (Å²) in [6.07, 6.45) is 0. The fourth-order valence-electron chi connectivity index (χ4n) is 7.03. The van der Waals surface area contributed by atoms with Crippen LogP contribution in [0.2, 0.25) is 0 Å². The van der Waals surface area contributed by atoms with E-state index in [1.165, 1.54) is 77.3 Å². The molecule has 0 aliphatic carbocycles. The van der Waals surface area contributed by atoms with Crippen LogP contribution in [0.25, 0.3) is 60.0 Å². The van der Waals surface area contributed by atoms with Crippen LogP contribution in [0.4, 0.5) is 0 Å². The van der Waals surface area contributed by atoms with Crippen LogP contribution in [0.15, 0.2) is 97.1 Å². The van der Waals surface area contributed by atoms with E-state index in [1.54, 1.807) is 11.3 Å². The van der Waals surface area contributed by atoms with Crippen molar-refractivity contribution >= 4 is 32.6 Å². The Kier molecular flexibility index (Phi) is 7.65. The van der Waals surface area contributed by atoms with E-state index < -0.39 is 0 Å². The van der Waals surface area contributed by atoms with Crippen LogP contribution in [0.5, 0.6) is 0 Å². The first kappa shape index (κ1) is 30.1. The van der Waals surface area contributed by atoms with Gasteiger partial charge in [-0.05, 0) is 96.8 Å². The zero-order chi connectivity index (χ0) is 32.3. The third kappa shape index (κ3) is 4.96. The molecular weight excluding hydrogens is 579 g/mol. The molecule has 3 nitrogen and oxygen atoms in total. The normalized spacial score (nSPS) is 11.9. The summed E-state index contributed by atoms with van der Waals surface area (Å²) in [6.45, 7) is 15.9. The molecule has 0 aliphatic rings. The molecule has 0 saturated heterocycles. The minimum Gasteiger partial charge on any atom is -0.236 e. The Hall–Kier alpha value is -4.54. The average Bonchev–Trinajstić information content (AvgIpc) is 3.57. The van der Waals surface area contributed by atoms with E-state index in [0.717, 1.165) is 10.5 Å². The van der Waals surface area contributed by atoms with Crippen molar-refractivity contribution in [2.45, 2.75) is 60.3 Å². The van der Waals surface area contributed by atoms with E-state index in [-0.39, 0.29) is 0 Å². The number of aromatic nitrogens is 3. The number of para-hydroxylation sites is 2. The third-order valence-electron chi connectivity index (χ3n) is 9.43. The molecule has 7 aromatic rings. The van der Waals surface area contributed by atoms with E-state index in [2.05, 4.69) is 162 Å². The number of aryl methyl sites for hydroxylation is 4. The highest BCUT2D eigenvalue weighted by Crippen LogP contribution is 2.42. The van der Waals surface area contributed by atoms with Crippen molar-refractivity contribution in [3.05, 3.63) is 125 Å². The number of hydrogen-bond acceptors (Lipinski definition) is 2. The number of thiazole rings is 1. The number of nitrogens with zero attached hydrogens (tertiary/aromatic N) is 3. The molecule has 0 fully saturated rings. The number of hydrogen-bond donors (Lipinski definition) is 0. The molecule has 230 valence electrons. The van der Waals surface area contributed by atoms with Gasteiger partial charge >= 0.3 is 0 Å². The van der Waals surface area contributed by atoms with Gasteiger partial charge in [0.15, 0.2) is 11.0 Å². The summed E-state index contributed by atoms with van der Waals surface area (Å²) in [6, 6.07) is 35.6. The molecule has 2 heterocycles. The predicted octanol–water partition coefficient (Wildman–Crippen LogP) is 11.2. The Morgan fingerprint density at radius 3 is 1.96 bits per heavy atom. The van der Waals surface area contributed by atoms with Crippen LogP contribution in [0.1, 0.15) is 67.3 Å². The number of rotatable bonds is 6. The van der Waals surface area contributed by atoms with Crippen molar-refractivity contribution in [1.29, 1.82) is 0 Å². The van der Waals surface area contributed by atoms with Gasteiger partial charge in [0.05, 0.1) is 22.8 Å². The summed E-state index contributed by atoms with van der Waals surface area (Å²) >= 11 is 1.79. The molecule has 0 unspecified atom stereocenters. The van der Waals surface area contributed by atoms with Gasteiger partial charge < -0.3 is 0 Å². The maximum Gasteiger partial charge on any atom is 0.295 e. The summed E-state index contributed by atoms with van der Waals surface area (Å²) < 4.78 is 6.14.